The molecule has 0 unspecified atom stereocenters. The molecule has 4 nitrogen and oxygen atoms in total. The number of carbonyl (C=O) groups is 1. The van der Waals surface area contributed by atoms with Crippen molar-refractivity contribution in [2.24, 2.45) is 0 Å². The van der Waals surface area contributed by atoms with Gasteiger partial charge in [-0.2, -0.15) is 0 Å². The largest absolute Gasteiger partial charge is 0.363 e. The number of hydrogen-bond acceptors (Lipinski definition) is 4. The van der Waals surface area contributed by atoms with Crippen LogP contribution in [0, 0.1) is 0 Å². The van der Waals surface area contributed by atoms with Crippen molar-refractivity contribution < 1.29 is 9.63 Å². The van der Waals surface area contributed by atoms with E-state index in [2.05, 4.69) is 5.32 Å². The van der Waals surface area contributed by atoms with Crippen LogP contribution in [0.4, 0.5) is 0 Å². The maximum absolute atomic E-state index is 11.9. The SMILES string of the molecule is O=C(ON1[C@@H]2CC[C@H]1CNC2)c1ccccc1. The fourth-order valence-electron chi connectivity index (χ4n) is 2.61. The summed E-state index contributed by atoms with van der Waals surface area (Å²) in [6, 6.07) is 9.86. The summed E-state index contributed by atoms with van der Waals surface area (Å²) in [6.07, 6.45) is 2.22. The number of hydroxylamine groups is 2. The summed E-state index contributed by atoms with van der Waals surface area (Å²) in [4.78, 5) is 17.5. The number of benzene rings is 1. The fraction of sp³-hybridized carbons (Fsp3) is 0.462. The first-order valence-corrected chi connectivity index (χ1v) is 6.11. The Morgan fingerprint density at radius 2 is 1.82 bits per heavy atom. The van der Waals surface area contributed by atoms with E-state index >= 15 is 0 Å². The quantitative estimate of drug-likeness (QED) is 0.831. The van der Waals surface area contributed by atoms with E-state index < -0.39 is 0 Å². The molecule has 2 bridgehead atoms. The van der Waals surface area contributed by atoms with Gasteiger partial charge in [0.25, 0.3) is 0 Å². The van der Waals surface area contributed by atoms with Crippen molar-refractivity contribution >= 4 is 5.97 Å². The molecule has 2 aliphatic heterocycles. The normalized spacial score (nSPS) is 28.0. The summed E-state index contributed by atoms with van der Waals surface area (Å²) in [5.74, 6) is -0.246. The molecule has 0 radical (unpaired) electrons. The lowest BCUT2D eigenvalue weighted by atomic mass is 10.2. The lowest BCUT2D eigenvalue weighted by Crippen LogP contribution is -2.52. The first-order chi connectivity index (χ1) is 8.34. The highest BCUT2D eigenvalue weighted by Gasteiger charge is 2.39. The third-order valence-corrected chi connectivity index (χ3v) is 3.51. The summed E-state index contributed by atoms with van der Waals surface area (Å²) in [5, 5.41) is 5.25. The first kappa shape index (κ1) is 10.7. The minimum Gasteiger partial charge on any atom is -0.363 e. The molecule has 2 aliphatic rings. The van der Waals surface area contributed by atoms with Gasteiger partial charge in [0, 0.05) is 13.1 Å². The zero-order chi connectivity index (χ0) is 11.7. The Bertz CT molecular complexity index is 391. The standard InChI is InChI=1S/C13H16N2O2/c16-13(10-4-2-1-3-5-10)17-15-11-6-7-12(15)9-14-8-11/h1-5,11-12,14H,6-9H2/t11-,12+. The summed E-state index contributed by atoms with van der Waals surface area (Å²) in [6.45, 7) is 1.83. The average Bonchev–Trinajstić information content (AvgIpc) is 2.62. The molecular weight excluding hydrogens is 216 g/mol. The number of nitrogens with zero attached hydrogens (tertiary/aromatic N) is 1. The Kier molecular flexibility index (Phi) is 2.82. The second kappa shape index (κ2) is 4.47. The Balaban J connectivity index is 1.69. The Labute approximate surface area is 101 Å². The highest BCUT2D eigenvalue weighted by Crippen LogP contribution is 2.27. The Morgan fingerprint density at radius 3 is 2.47 bits per heavy atom. The molecule has 0 spiro atoms. The average molecular weight is 232 g/mol. The minimum absolute atomic E-state index is 0.246. The maximum atomic E-state index is 11.9. The second-order valence-electron chi connectivity index (χ2n) is 4.65. The lowest BCUT2D eigenvalue weighted by molar-refractivity contribution is -0.152. The molecule has 1 aromatic carbocycles. The predicted molar refractivity (Wildman–Crippen MR) is 63.4 cm³/mol. The van der Waals surface area contributed by atoms with Gasteiger partial charge in [-0.3, -0.25) is 0 Å². The maximum Gasteiger partial charge on any atom is 0.357 e. The molecule has 1 N–H and O–H groups in total. The molecule has 4 heteroatoms. The molecule has 3 rings (SSSR count). The molecule has 0 aromatic heterocycles. The van der Waals surface area contributed by atoms with E-state index in [1.54, 1.807) is 12.1 Å². The van der Waals surface area contributed by atoms with Gasteiger partial charge < -0.3 is 10.2 Å². The van der Waals surface area contributed by atoms with Crippen LogP contribution in [0.3, 0.4) is 0 Å². The number of carbonyl (C=O) groups excluding carboxylic acids is 1. The molecular formula is C13H16N2O2. The van der Waals surface area contributed by atoms with E-state index in [1.165, 1.54) is 0 Å². The van der Waals surface area contributed by atoms with Crippen LogP contribution in [0.2, 0.25) is 0 Å². The van der Waals surface area contributed by atoms with Gasteiger partial charge in [-0.25, -0.2) is 4.79 Å². The molecule has 2 fully saturated rings. The van der Waals surface area contributed by atoms with Crippen LogP contribution in [0.1, 0.15) is 23.2 Å². The van der Waals surface area contributed by atoms with Crippen LogP contribution in [-0.4, -0.2) is 36.2 Å². The summed E-state index contributed by atoms with van der Waals surface area (Å²) < 4.78 is 0. The van der Waals surface area contributed by atoms with Gasteiger partial charge >= 0.3 is 5.97 Å². The summed E-state index contributed by atoms with van der Waals surface area (Å²) in [5.41, 5.74) is 0.616. The molecule has 1 aromatic rings. The van der Waals surface area contributed by atoms with Crippen molar-refractivity contribution in [2.75, 3.05) is 13.1 Å². The minimum atomic E-state index is -0.246. The van der Waals surface area contributed by atoms with Crippen LogP contribution in [0.15, 0.2) is 30.3 Å². The van der Waals surface area contributed by atoms with Crippen molar-refractivity contribution in [3.05, 3.63) is 35.9 Å². The van der Waals surface area contributed by atoms with Gasteiger partial charge in [-0.05, 0) is 25.0 Å². The van der Waals surface area contributed by atoms with Gasteiger partial charge in [0.2, 0.25) is 0 Å². The molecule has 2 saturated heterocycles. The molecule has 2 atom stereocenters. The van der Waals surface area contributed by atoms with Crippen molar-refractivity contribution in [1.82, 2.24) is 10.4 Å². The Morgan fingerprint density at radius 1 is 1.18 bits per heavy atom. The van der Waals surface area contributed by atoms with Gasteiger partial charge in [0.1, 0.15) is 0 Å². The van der Waals surface area contributed by atoms with Crippen LogP contribution in [0.25, 0.3) is 0 Å². The van der Waals surface area contributed by atoms with Crippen LogP contribution in [0.5, 0.6) is 0 Å². The van der Waals surface area contributed by atoms with Crippen LogP contribution < -0.4 is 5.32 Å². The molecule has 90 valence electrons. The van der Waals surface area contributed by atoms with E-state index in [0.717, 1.165) is 25.9 Å². The molecule has 0 saturated carbocycles. The first-order valence-electron chi connectivity index (χ1n) is 6.11. The Hall–Kier alpha value is -1.39. The zero-order valence-electron chi connectivity index (χ0n) is 9.63. The highest BCUT2D eigenvalue weighted by atomic mass is 16.7. The topological polar surface area (TPSA) is 41.6 Å². The van der Waals surface area contributed by atoms with E-state index in [1.807, 2.05) is 23.3 Å². The molecule has 0 amide bonds. The number of piperazine rings is 1. The summed E-state index contributed by atoms with van der Waals surface area (Å²) >= 11 is 0. The molecule has 17 heavy (non-hydrogen) atoms. The number of nitrogens with one attached hydrogen (secondary N) is 1. The van der Waals surface area contributed by atoms with E-state index in [0.29, 0.717) is 17.6 Å². The third-order valence-electron chi connectivity index (χ3n) is 3.51. The third kappa shape index (κ3) is 2.06. The second-order valence-corrected chi connectivity index (χ2v) is 4.65. The van der Waals surface area contributed by atoms with Gasteiger partial charge in [0.15, 0.2) is 0 Å². The van der Waals surface area contributed by atoms with Crippen molar-refractivity contribution in [3.8, 4) is 0 Å². The fourth-order valence-corrected chi connectivity index (χ4v) is 2.61. The highest BCUT2D eigenvalue weighted by molar-refractivity contribution is 5.89. The number of rotatable bonds is 2. The van der Waals surface area contributed by atoms with Gasteiger partial charge in [-0.1, -0.05) is 18.2 Å². The number of hydrogen-bond donors (Lipinski definition) is 1. The van der Waals surface area contributed by atoms with Gasteiger partial charge in [0.05, 0.1) is 17.6 Å². The van der Waals surface area contributed by atoms with Crippen molar-refractivity contribution in [2.45, 2.75) is 24.9 Å². The molecule has 0 aliphatic carbocycles. The van der Waals surface area contributed by atoms with Crippen molar-refractivity contribution in [1.29, 1.82) is 0 Å². The summed E-state index contributed by atoms with van der Waals surface area (Å²) in [7, 11) is 0. The van der Waals surface area contributed by atoms with Gasteiger partial charge in [-0.15, -0.1) is 5.06 Å². The molecule has 2 heterocycles. The van der Waals surface area contributed by atoms with E-state index in [-0.39, 0.29) is 5.97 Å². The van der Waals surface area contributed by atoms with E-state index in [9.17, 15) is 4.79 Å². The monoisotopic (exact) mass is 232 g/mol. The van der Waals surface area contributed by atoms with Crippen LogP contribution in [-0.2, 0) is 4.84 Å². The van der Waals surface area contributed by atoms with E-state index in [4.69, 9.17) is 4.84 Å². The predicted octanol–water partition coefficient (Wildman–Crippen LogP) is 1.19. The lowest BCUT2D eigenvalue weighted by Gasteiger charge is -2.33. The van der Waals surface area contributed by atoms with Crippen LogP contribution >= 0.6 is 0 Å². The smallest absolute Gasteiger partial charge is 0.357 e. The number of fused-ring (bicyclic) bond motifs is 2. The van der Waals surface area contributed by atoms with Crippen molar-refractivity contribution in [3.63, 3.8) is 0 Å². The zero-order valence-corrected chi connectivity index (χ0v) is 9.63.